The minimum atomic E-state index is -0.490. The highest BCUT2D eigenvalue weighted by Crippen LogP contribution is 2.28. The normalized spacial score (nSPS) is 11.6. The zero-order valence-electron chi connectivity index (χ0n) is 26.0. The molecule has 0 aliphatic rings. The van der Waals surface area contributed by atoms with Gasteiger partial charge in [-0.25, -0.2) is 9.59 Å². The predicted octanol–water partition coefficient (Wildman–Crippen LogP) is 10.7. The van der Waals surface area contributed by atoms with Gasteiger partial charge in [-0.05, 0) is 65.9 Å². The molecule has 3 aromatic carbocycles. The molecule has 3 aromatic rings. The summed E-state index contributed by atoms with van der Waals surface area (Å²) in [5.41, 5.74) is 2.76. The lowest BCUT2D eigenvalue weighted by atomic mass is 10.0. The summed E-state index contributed by atoms with van der Waals surface area (Å²) in [6.45, 7) is 7.40. The van der Waals surface area contributed by atoms with Crippen molar-refractivity contribution in [3.05, 3.63) is 82.9 Å². The molecule has 0 unspecified atom stereocenters. The molecule has 232 valence electrons. The van der Waals surface area contributed by atoms with Gasteiger partial charge in [0.05, 0.1) is 29.4 Å². The smallest absolute Gasteiger partial charge is 0.343 e. The molecule has 0 saturated heterocycles. The minimum absolute atomic E-state index is 0.317. The molecule has 0 fully saturated rings. The molecule has 0 aliphatic carbocycles. The topological polar surface area (TPSA) is 61.8 Å². The van der Waals surface area contributed by atoms with Crippen molar-refractivity contribution in [3.8, 4) is 22.6 Å². The number of esters is 2. The summed E-state index contributed by atoms with van der Waals surface area (Å²) < 4.78 is 16.8. The number of unbranched alkanes of at least 4 members (excludes halogenated alkanes) is 9. The second-order valence-corrected chi connectivity index (χ2v) is 11.7. The first-order valence-corrected chi connectivity index (χ1v) is 16.3. The van der Waals surface area contributed by atoms with Gasteiger partial charge in [-0.1, -0.05) is 121 Å². The van der Waals surface area contributed by atoms with Crippen LogP contribution < -0.4 is 9.47 Å². The Labute approximate surface area is 262 Å². The Kier molecular flexibility index (Phi) is 15.2. The molecular weight excluding hydrogens is 560 g/mol. The van der Waals surface area contributed by atoms with Crippen molar-refractivity contribution in [1.29, 1.82) is 0 Å². The van der Waals surface area contributed by atoms with Gasteiger partial charge in [0.25, 0.3) is 0 Å². The maximum Gasteiger partial charge on any atom is 0.343 e. The predicted molar refractivity (Wildman–Crippen MR) is 175 cm³/mol. The van der Waals surface area contributed by atoms with E-state index in [0.29, 0.717) is 46.8 Å². The van der Waals surface area contributed by atoms with Gasteiger partial charge < -0.3 is 14.2 Å². The third-order valence-electron chi connectivity index (χ3n) is 7.64. The largest absolute Gasteiger partial charge is 0.492 e. The number of carbonyl (C=O) groups is 2. The van der Waals surface area contributed by atoms with E-state index < -0.39 is 5.97 Å². The molecule has 0 amide bonds. The van der Waals surface area contributed by atoms with E-state index in [1.165, 1.54) is 51.4 Å². The van der Waals surface area contributed by atoms with Crippen LogP contribution in [0.1, 0.15) is 112 Å². The Morgan fingerprint density at radius 2 is 1.26 bits per heavy atom. The fraction of sp³-hybridized carbons (Fsp3) is 0.459. The number of hydrogen-bond donors (Lipinski definition) is 0. The van der Waals surface area contributed by atoms with Crippen LogP contribution in [0, 0.1) is 5.92 Å². The summed E-state index contributed by atoms with van der Waals surface area (Å²) in [5.74, 6) is 0.536. The van der Waals surface area contributed by atoms with Gasteiger partial charge in [0.15, 0.2) is 0 Å². The lowest BCUT2D eigenvalue weighted by molar-refractivity contribution is 0.0447. The van der Waals surface area contributed by atoms with Crippen LogP contribution in [0.25, 0.3) is 11.1 Å². The van der Waals surface area contributed by atoms with E-state index in [9.17, 15) is 9.59 Å². The third kappa shape index (κ3) is 12.1. The average molecular weight is 607 g/mol. The van der Waals surface area contributed by atoms with E-state index in [1.807, 2.05) is 24.3 Å². The molecule has 0 spiro atoms. The van der Waals surface area contributed by atoms with Gasteiger partial charge in [0.2, 0.25) is 0 Å². The van der Waals surface area contributed by atoms with E-state index in [2.05, 4.69) is 20.8 Å². The monoisotopic (exact) mass is 606 g/mol. The van der Waals surface area contributed by atoms with Crippen molar-refractivity contribution in [1.82, 2.24) is 0 Å². The SMILES string of the molecule is CCCCCCCCCCCCOc1ccc(C(=O)Oc2ccc(-c3ccc(C(=O)OC[C@@H](C)CC)cc3)cc2)cc1Cl. The molecule has 0 saturated carbocycles. The molecule has 6 heteroatoms. The van der Waals surface area contributed by atoms with Crippen molar-refractivity contribution in [3.63, 3.8) is 0 Å². The molecule has 3 rings (SSSR count). The van der Waals surface area contributed by atoms with Crippen LogP contribution >= 0.6 is 11.6 Å². The van der Waals surface area contributed by atoms with E-state index in [-0.39, 0.29) is 5.97 Å². The maximum atomic E-state index is 12.7. The molecule has 43 heavy (non-hydrogen) atoms. The summed E-state index contributed by atoms with van der Waals surface area (Å²) in [7, 11) is 0. The Bertz CT molecular complexity index is 1250. The maximum absolute atomic E-state index is 12.7. The first kappa shape index (κ1) is 34.2. The molecular formula is C37H47ClO5. The zero-order chi connectivity index (χ0) is 30.9. The van der Waals surface area contributed by atoms with Gasteiger partial charge >= 0.3 is 11.9 Å². The first-order chi connectivity index (χ1) is 20.9. The lowest BCUT2D eigenvalue weighted by Gasteiger charge is -2.11. The van der Waals surface area contributed by atoms with Gasteiger partial charge in [-0.3, -0.25) is 0 Å². The number of ether oxygens (including phenoxy) is 3. The van der Waals surface area contributed by atoms with Crippen molar-refractivity contribution >= 4 is 23.5 Å². The summed E-state index contributed by atoms with van der Waals surface area (Å²) in [6, 6.07) is 19.5. The van der Waals surface area contributed by atoms with E-state index >= 15 is 0 Å². The molecule has 5 nitrogen and oxygen atoms in total. The first-order valence-electron chi connectivity index (χ1n) is 15.9. The Morgan fingerprint density at radius 1 is 0.698 bits per heavy atom. The van der Waals surface area contributed by atoms with Crippen molar-refractivity contribution in [2.45, 2.75) is 91.4 Å². The summed E-state index contributed by atoms with van der Waals surface area (Å²) >= 11 is 6.41. The van der Waals surface area contributed by atoms with Crippen LogP contribution in [0.5, 0.6) is 11.5 Å². The zero-order valence-corrected chi connectivity index (χ0v) is 26.8. The van der Waals surface area contributed by atoms with Gasteiger partial charge in [0, 0.05) is 0 Å². The standard InChI is InChI=1S/C37H47ClO5/c1-4-6-7-8-9-10-11-12-13-14-25-41-35-24-21-32(26-34(35)38)37(40)43-33-22-19-30(20-23-33)29-15-17-31(18-16-29)36(39)42-27-28(3)5-2/h15-24,26,28H,4-14,25,27H2,1-3H3/t28-/m0/s1. The van der Waals surface area contributed by atoms with Crippen molar-refractivity contribution in [2.75, 3.05) is 13.2 Å². The molecule has 0 bridgehead atoms. The number of hydrogen-bond acceptors (Lipinski definition) is 5. The highest BCUT2D eigenvalue weighted by atomic mass is 35.5. The summed E-state index contributed by atoms with van der Waals surface area (Å²) in [4.78, 5) is 25.0. The third-order valence-corrected chi connectivity index (χ3v) is 7.93. The molecule has 0 N–H and O–H groups in total. The Hall–Kier alpha value is -3.31. The number of benzene rings is 3. The van der Waals surface area contributed by atoms with E-state index in [4.69, 9.17) is 25.8 Å². The fourth-order valence-corrected chi connectivity index (χ4v) is 4.85. The van der Waals surface area contributed by atoms with Crippen LogP contribution in [0.2, 0.25) is 5.02 Å². The molecule has 0 heterocycles. The van der Waals surface area contributed by atoms with Gasteiger partial charge in [-0.15, -0.1) is 0 Å². The molecule has 0 aromatic heterocycles. The molecule has 0 radical (unpaired) electrons. The van der Waals surface area contributed by atoms with E-state index in [1.54, 1.807) is 42.5 Å². The molecule has 1 atom stereocenters. The van der Waals surface area contributed by atoms with Crippen LogP contribution in [-0.2, 0) is 4.74 Å². The van der Waals surface area contributed by atoms with Crippen LogP contribution in [-0.4, -0.2) is 25.2 Å². The number of rotatable bonds is 19. The highest BCUT2D eigenvalue weighted by molar-refractivity contribution is 6.32. The van der Waals surface area contributed by atoms with Gasteiger partial charge in [0.1, 0.15) is 11.5 Å². The number of carbonyl (C=O) groups excluding carboxylic acids is 2. The Balaban J connectivity index is 1.41. The molecule has 0 aliphatic heterocycles. The summed E-state index contributed by atoms with van der Waals surface area (Å²) in [6.07, 6.45) is 13.7. The van der Waals surface area contributed by atoms with Crippen LogP contribution in [0.3, 0.4) is 0 Å². The highest BCUT2D eigenvalue weighted by Gasteiger charge is 2.13. The summed E-state index contributed by atoms with van der Waals surface area (Å²) in [5, 5.41) is 0.393. The van der Waals surface area contributed by atoms with Crippen LogP contribution in [0.15, 0.2) is 66.7 Å². The number of halogens is 1. The minimum Gasteiger partial charge on any atom is -0.492 e. The van der Waals surface area contributed by atoms with Crippen LogP contribution in [0.4, 0.5) is 0 Å². The van der Waals surface area contributed by atoms with E-state index in [0.717, 1.165) is 30.4 Å². The van der Waals surface area contributed by atoms with Gasteiger partial charge in [-0.2, -0.15) is 0 Å². The quantitative estimate of drug-likeness (QED) is 0.0771. The van der Waals surface area contributed by atoms with Crippen molar-refractivity contribution in [2.24, 2.45) is 5.92 Å². The average Bonchev–Trinajstić information content (AvgIpc) is 3.03. The second kappa shape index (κ2) is 19.1. The Morgan fingerprint density at radius 3 is 1.84 bits per heavy atom. The van der Waals surface area contributed by atoms with Crippen molar-refractivity contribution < 1.29 is 23.8 Å². The fourth-order valence-electron chi connectivity index (χ4n) is 4.62. The second-order valence-electron chi connectivity index (χ2n) is 11.3. The lowest BCUT2D eigenvalue weighted by Crippen LogP contribution is -2.11.